The summed E-state index contributed by atoms with van der Waals surface area (Å²) in [5, 5.41) is 7.16. The van der Waals surface area contributed by atoms with Crippen molar-refractivity contribution in [2.24, 2.45) is 0 Å². The number of hydrogen-bond acceptors (Lipinski definition) is 5. The first kappa shape index (κ1) is 21.0. The van der Waals surface area contributed by atoms with Crippen molar-refractivity contribution in [1.29, 1.82) is 0 Å². The van der Waals surface area contributed by atoms with Crippen LogP contribution in [0.3, 0.4) is 0 Å². The lowest BCUT2D eigenvalue weighted by Gasteiger charge is -2.16. The van der Waals surface area contributed by atoms with E-state index in [2.05, 4.69) is 10.6 Å². The van der Waals surface area contributed by atoms with Gasteiger partial charge in [0.1, 0.15) is 0 Å². The molecule has 0 fully saturated rings. The number of carbonyl (C=O) groups is 3. The summed E-state index contributed by atoms with van der Waals surface area (Å²) in [4.78, 5) is 38.2. The lowest BCUT2D eigenvalue weighted by atomic mass is 9.96. The van der Waals surface area contributed by atoms with Gasteiger partial charge >= 0.3 is 5.97 Å². The predicted octanol–water partition coefficient (Wildman–Crippen LogP) is 3.54. The minimum atomic E-state index is -0.977. The molecule has 1 aromatic carbocycles. The molecule has 0 aliphatic heterocycles. The van der Waals surface area contributed by atoms with Gasteiger partial charge in [-0.05, 0) is 63.1 Å². The number of amides is 2. The molecule has 29 heavy (non-hydrogen) atoms. The highest BCUT2D eigenvalue weighted by atomic mass is 32.1. The second-order valence-corrected chi connectivity index (χ2v) is 8.30. The van der Waals surface area contributed by atoms with Crippen molar-refractivity contribution in [3.63, 3.8) is 0 Å². The summed E-state index contributed by atoms with van der Waals surface area (Å²) in [5.74, 6) is -1.31. The third-order valence-electron chi connectivity index (χ3n) is 5.10. The number of fused-ring (bicyclic) bond motifs is 1. The van der Waals surface area contributed by atoms with Crippen molar-refractivity contribution in [2.45, 2.75) is 52.6 Å². The van der Waals surface area contributed by atoms with Gasteiger partial charge in [0.05, 0.1) is 12.1 Å². The first-order valence-electron chi connectivity index (χ1n) is 9.80. The molecule has 0 radical (unpaired) electrons. The van der Waals surface area contributed by atoms with Crippen molar-refractivity contribution in [3.05, 3.63) is 50.7 Å². The van der Waals surface area contributed by atoms with Crippen LogP contribution in [-0.2, 0) is 27.2 Å². The number of benzene rings is 1. The lowest BCUT2D eigenvalue weighted by Crippen LogP contribution is -2.40. The van der Waals surface area contributed by atoms with E-state index in [4.69, 9.17) is 4.74 Å². The number of thiophene rings is 1. The summed E-state index contributed by atoms with van der Waals surface area (Å²) in [6, 6.07) is 5.74. The average molecular weight is 415 g/mol. The SMILES string of the molecule is Cc1cccc(C)c1NC(=O)CNC(=O)C(C)OC(=O)c1csc2c1CCCC2. The lowest BCUT2D eigenvalue weighted by molar-refractivity contribution is -0.130. The molecule has 2 amide bonds. The minimum absolute atomic E-state index is 0.192. The van der Waals surface area contributed by atoms with Gasteiger partial charge in [-0.2, -0.15) is 0 Å². The minimum Gasteiger partial charge on any atom is -0.449 e. The van der Waals surface area contributed by atoms with Crippen LogP contribution >= 0.6 is 11.3 Å². The van der Waals surface area contributed by atoms with E-state index in [1.54, 1.807) is 11.3 Å². The number of rotatable bonds is 6. The number of esters is 1. The maximum Gasteiger partial charge on any atom is 0.340 e. The number of hydrogen-bond donors (Lipinski definition) is 2. The van der Waals surface area contributed by atoms with Crippen LogP contribution in [-0.4, -0.2) is 30.4 Å². The smallest absolute Gasteiger partial charge is 0.340 e. The number of para-hydroxylation sites is 1. The molecule has 7 heteroatoms. The topological polar surface area (TPSA) is 84.5 Å². The van der Waals surface area contributed by atoms with Crippen LogP contribution in [0.5, 0.6) is 0 Å². The van der Waals surface area contributed by atoms with Gasteiger partial charge in [-0.3, -0.25) is 9.59 Å². The number of nitrogens with one attached hydrogen (secondary N) is 2. The predicted molar refractivity (Wildman–Crippen MR) is 113 cm³/mol. The Hall–Kier alpha value is -2.67. The van der Waals surface area contributed by atoms with E-state index in [0.717, 1.165) is 48.1 Å². The van der Waals surface area contributed by atoms with E-state index in [1.807, 2.05) is 37.4 Å². The molecule has 1 aliphatic rings. The van der Waals surface area contributed by atoms with Crippen LogP contribution in [0.15, 0.2) is 23.6 Å². The Morgan fingerprint density at radius 2 is 1.83 bits per heavy atom. The van der Waals surface area contributed by atoms with Gasteiger partial charge in [0.25, 0.3) is 5.91 Å². The van der Waals surface area contributed by atoms with Gasteiger partial charge in [-0.15, -0.1) is 11.3 Å². The maximum absolute atomic E-state index is 12.5. The second-order valence-electron chi connectivity index (χ2n) is 7.34. The molecule has 6 nitrogen and oxygen atoms in total. The Morgan fingerprint density at radius 1 is 1.14 bits per heavy atom. The van der Waals surface area contributed by atoms with Crippen LogP contribution in [0.1, 0.15) is 51.7 Å². The standard InChI is InChI=1S/C22H26N2O4S/c1-13-7-6-8-14(2)20(13)24-19(25)11-23-21(26)15(3)28-22(27)17-12-29-18-10-5-4-9-16(17)18/h6-8,12,15H,4-5,9-11H2,1-3H3,(H,23,26)(H,24,25). The molecule has 1 aliphatic carbocycles. The van der Waals surface area contributed by atoms with Crippen molar-refractivity contribution in [2.75, 3.05) is 11.9 Å². The number of aryl methyl sites for hydroxylation is 3. The van der Waals surface area contributed by atoms with Crippen LogP contribution in [0.4, 0.5) is 5.69 Å². The zero-order chi connectivity index (χ0) is 21.0. The largest absolute Gasteiger partial charge is 0.449 e. The fraction of sp³-hybridized carbons (Fsp3) is 0.409. The first-order valence-corrected chi connectivity index (χ1v) is 10.7. The van der Waals surface area contributed by atoms with Crippen molar-refractivity contribution < 1.29 is 19.1 Å². The molecule has 1 unspecified atom stereocenters. The maximum atomic E-state index is 12.5. The fourth-order valence-electron chi connectivity index (χ4n) is 3.45. The Bertz CT molecular complexity index is 915. The molecule has 2 N–H and O–H groups in total. The Balaban J connectivity index is 1.51. The highest BCUT2D eigenvalue weighted by Crippen LogP contribution is 2.30. The molecule has 0 bridgehead atoms. The van der Waals surface area contributed by atoms with Gasteiger partial charge in [0, 0.05) is 15.9 Å². The fourth-order valence-corrected chi connectivity index (χ4v) is 4.56. The van der Waals surface area contributed by atoms with Crippen LogP contribution in [0, 0.1) is 13.8 Å². The Morgan fingerprint density at radius 3 is 2.55 bits per heavy atom. The summed E-state index contributed by atoms with van der Waals surface area (Å²) in [5.41, 5.74) is 4.27. The van der Waals surface area contributed by atoms with E-state index in [9.17, 15) is 14.4 Å². The summed E-state index contributed by atoms with van der Waals surface area (Å²) < 4.78 is 5.34. The van der Waals surface area contributed by atoms with Crippen molar-refractivity contribution in [1.82, 2.24) is 5.32 Å². The van der Waals surface area contributed by atoms with Crippen LogP contribution in [0.2, 0.25) is 0 Å². The van der Waals surface area contributed by atoms with Gasteiger partial charge in [0.15, 0.2) is 6.10 Å². The molecule has 0 spiro atoms. The molecular weight excluding hydrogens is 388 g/mol. The molecule has 1 heterocycles. The molecule has 0 saturated carbocycles. The van der Waals surface area contributed by atoms with Gasteiger partial charge < -0.3 is 15.4 Å². The van der Waals surface area contributed by atoms with Gasteiger partial charge in [-0.25, -0.2) is 4.79 Å². The van der Waals surface area contributed by atoms with E-state index >= 15 is 0 Å². The molecule has 1 atom stereocenters. The number of carbonyl (C=O) groups excluding carboxylic acids is 3. The molecular formula is C22H26N2O4S. The van der Waals surface area contributed by atoms with Gasteiger partial charge in [0.2, 0.25) is 5.91 Å². The van der Waals surface area contributed by atoms with Crippen molar-refractivity contribution >= 4 is 34.8 Å². The normalized spacial score (nSPS) is 13.9. The monoisotopic (exact) mass is 414 g/mol. The van der Waals surface area contributed by atoms with Gasteiger partial charge in [-0.1, -0.05) is 18.2 Å². The molecule has 0 saturated heterocycles. The number of ether oxygens (including phenoxy) is 1. The molecule has 1 aromatic heterocycles. The molecule has 2 aromatic rings. The van der Waals surface area contributed by atoms with E-state index < -0.39 is 18.0 Å². The average Bonchev–Trinajstić information content (AvgIpc) is 3.13. The second kappa shape index (κ2) is 9.22. The quantitative estimate of drug-likeness (QED) is 0.708. The summed E-state index contributed by atoms with van der Waals surface area (Å²) in [6.45, 7) is 5.13. The highest BCUT2D eigenvalue weighted by molar-refractivity contribution is 7.10. The van der Waals surface area contributed by atoms with E-state index in [-0.39, 0.29) is 12.5 Å². The Labute approximate surface area is 174 Å². The van der Waals surface area contributed by atoms with Crippen LogP contribution < -0.4 is 10.6 Å². The zero-order valence-electron chi connectivity index (χ0n) is 17.0. The summed E-state index contributed by atoms with van der Waals surface area (Å²) in [6.07, 6.45) is 3.11. The zero-order valence-corrected chi connectivity index (χ0v) is 17.8. The number of anilines is 1. The van der Waals surface area contributed by atoms with Crippen LogP contribution in [0.25, 0.3) is 0 Å². The highest BCUT2D eigenvalue weighted by Gasteiger charge is 2.25. The first-order chi connectivity index (χ1) is 13.9. The molecule has 3 rings (SSSR count). The van der Waals surface area contributed by atoms with E-state index in [0.29, 0.717) is 5.56 Å². The molecule has 154 valence electrons. The summed E-state index contributed by atoms with van der Waals surface area (Å²) >= 11 is 1.58. The third kappa shape index (κ3) is 5.03. The van der Waals surface area contributed by atoms with Crippen molar-refractivity contribution in [3.8, 4) is 0 Å². The summed E-state index contributed by atoms with van der Waals surface area (Å²) in [7, 11) is 0. The Kier molecular flexibility index (Phi) is 6.69. The third-order valence-corrected chi connectivity index (χ3v) is 6.19. The van der Waals surface area contributed by atoms with E-state index in [1.165, 1.54) is 11.8 Å².